The SMILES string of the molecule is CN(C)c1ccc(-c2cc(-c3cccc(Br)c3)n[nH]2)cc1. The third-order valence-electron chi connectivity index (χ3n) is 3.39. The normalized spacial score (nSPS) is 10.6. The molecule has 2 aromatic carbocycles. The van der Waals surface area contributed by atoms with E-state index in [1.165, 1.54) is 5.69 Å². The van der Waals surface area contributed by atoms with Crippen molar-refractivity contribution in [3.8, 4) is 22.5 Å². The van der Waals surface area contributed by atoms with Gasteiger partial charge in [-0.3, -0.25) is 5.10 Å². The summed E-state index contributed by atoms with van der Waals surface area (Å²) < 4.78 is 1.06. The Hall–Kier alpha value is -2.07. The minimum Gasteiger partial charge on any atom is -0.378 e. The molecule has 0 bridgehead atoms. The molecule has 0 fully saturated rings. The van der Waals surface area contributed by atoms with Gasteiger partial charge in [0.25, 0.3) is 0 Å². The van der Waals surface area contributed by atoms with E-state index in [0.29, 0.717) is 0 Å². The van der Waals surface area contributed by atoms with Crippen LogP contribution in [0.15, 0.2) is 59.1 Å². The van der Waals surface area contributed by atoms with E-state index in [2.05, 4.69) is 73.5 Å². The number of nitrogens with one attached hydrogen (secondary N) is 1. The van der Waals surface area contributed by atoms with Gasteiger partial charge in [0, 0.05) is 29.8 Å². The Morgan fingerprint density at radius 2 is 1.71 bits per heavy atom. The molecule has 1 aromatic heterocycles. The molecule has 0 amide bonds. The molecule has 21 heavy (non-hydrogen) atoms. The van der Waals surface area contributed by atoms with Gasteiger partial charge in [-0.2, -0.15) is 5.10 Å². The van der Waals surface area contributed by atoms with E-state index in [4.69, 9.17) is 0 Å². The maximum atomic E-state index is 4.41. The lowest BCUT2D eigenvalue weighted by atomic mass is 10.1. The number of hydrogen-bond acceptors (Lipinski definition) is 2. The summed E-state index contributed by atoms with van der Waals surface area (Å²) in [6.45, 7) is 0. The van der Waals surface area contributed by atoms with Gasteiger partial charge in [0.2, 0.25) is 0 Å². The van der Waals surface area contributed by atoms with Crippen molar-refractivity contribution >= 4 is 21.6 Å². The van der Waals surface area contributed by atoms with Crippen LogP contribution in [0.1, 0.15) is 0 Å². The lowest BCUT2D eigenvalue weighted by molar-refractivity contribution is 1.10. The highest BCUT2D eigenvalue weighted by Gasteiger charge is 2.06. The molecule has 0 saturated carbocycles. The number of rotatable bonds is 3. The zero-order chi connectivity index (χ0) is 14.8. The first kappa shape index (κ1) is 13.9. The van der Waals surface area contributed by atoms with Gasteiger partial charge in [-0.25, -0.2) is 0 Å². The largest absolute Gasteiger partial charge is 0.378 e. The maximum absolute atomic E-state index is 4.41. The molecule has 106 valence electrons. The Morgan fingerprint density at radius 1 is 0.952 bits per heavy atom. The summed E-state index contributed by atoms with van der Waals surface area (Å²) in [6.07, 6.45) is 0. The van der Waals surface area contributed by atoms with Crippen LogP contribution < -0.4 is 4.90 Å². The Balaban J connectivity index is 1.91. The van der Waals surface area contributed by atoms with Crippen molar-refractivity contribution in [2.75, 3.05) is 19.0 Å². The molecular formula is C17H16BrN3. The standard InChI is InChI=1S/C17H16BrN3/c1-21(2)15-8-6-12(7-9-15)16-11-17(20-19-16)13-4-3-5-14(18)10-13/h3-11H,1-2H3,(H,19,20). The van der Waals surface area contributed by atoms with Gasteiger partial charge in [0.05, 0.1) is 11.4 Å². The van der Waals surface area contributed by atoms with E-state index in [9.17, 15) is 0 Å². The molecule has 0 spiro atoms. The predicted molar refractivity (Wildman–Crippen MR) is 91.5 cm³/mol. The summed E-state index contributed by atoms with van der Waals surface area (Å²) >= 11 is 3.49. The summed E-state index contributed by atoms with van der Waals surface area (Å²) in [7, 11) is 4.08. The van der Waals surface area contributed by atoms with E-state index >= 15 is 0 Å². The number of nitrogens with zero attached hydrogens (tertiary/aromatic N) is 2. The van der Waals surface area contributed by atoms with E-state index in [1.807, 2.05) is 26.2 Å². The van der Waals surface area contributed by atoms with Crippen LogP contribution in [-0.2, 0) is 0 Å². The van der Waals surface area contributed by atoms with Crippen LogP contribution >= 0.6 is 15.9 Å². The van der Waals surface area contributed by atoms with Crippen molar-refractivity contribution in [3.63, 3.8) is 0 Å². The third kappa shape index (κ3) is 3.00. The number of halogens is 1. The molecule has 3 rings (SSSR count). The van der Waals surface area contributed by atoms with Crippen LogP contribution in [0.25, 0.3) is 22.5 Å². The van der Waals surface area contributed by atoms with Gasteiger partial charge < -0.3 is 4.90 Å². The number of H-pyrrole nitrogens is 1. The minimum absolute atomic E-state index is 0.947. The molecule has 0 radical (unpaired) electrons. The molecule has 1 N–H and O–H groups in total. The maximum Gasteiger partial charge on any atom is 0.0927 e. The molecule has 0 aliphatic heterocycles. The zero-order valence-electron chi connectivity index (χ0n) is 12.0. The van der Waals surface area contributed by atoms with E-state index in [0.717, 1.165) is 27.0 Å². The monoisotopic (exact) mass is 341 g/mol. The van der Waals surface area contributed by atoms with Gasteiger partial charge in [0.1, 0.15) is 0 Å². The van der Waals surface area contributed by atoms with Crippen LogP contribution in [0.5, 0.6) is 0 Å². The number of benzene rings is 2. The molecule has 3 aromatic rings. The average molecular weight is 342 g/mol. The van der Waals surface area contributed by atoms with Gasteiger partial charge in [-0.1, -0.05) is 40.2 Å². The first-order valence-corrected chi connectivity index (χ1v) is 7.52. The lowest BCUT2D eigenvalue weighted by Crippen LogP contribution is -2.07. The molecular weight excluding hydrogens is 326 g/mol. The Labute approximate surface area is 132 Å². The van der Waals surface area contributed by atoms with Crippen LogP contribution in [-0.4, -0.2) is 24.3 Å². The Kier molecular flexibility index (Phi) is 3.80. The summed E-state index contributed by atoms with van der Waals surface area (Å²) in [5.74, 6) is 0. The lowest BCUT2D eigenvalue weighted by Gasteiger charge is -2.12. The van der Waals surface area contributed by atoms with E-state index in [1.54, 1.807) is 0 Å². The predicted octanol–water partition coefficient (Wildman–Crippen LogP) is 4.57. The zero-order valence-corrected chi connectivity index (χ0v) is 13.6. The van der Waals surface area contributed by atoms with E-state index in [-0.39, 0.29) is 0 Å². The smallest absolute Gasteiger partial charge is 0.0927 e. The summed E-state index contributed by atoms with van der Waals surface area (Å²) in [4.78, 5) is 2.09. The van der Waals surface area contributed by atoms with Gasteiger partial charge in [0.15, 0.2) is 0 Å². The summed E-state index contributed by atoms with van der Waals surface area (Å²) in [6, 6.07) is 18.6. The molecule has 0 aliphatic rings. The number of anilines is 1. The fourth-order valence-corrected chi connectivity index (χ4v) is 2.60. The minimum atomic E-state index is 0.947. The molecule has 0 saturated heterocycles. The summed E-state index contributed by atoms with van der Waals surface area (Å²) in [5.41, 5.74) is 5.38. The highest BCUT2D eigenvalue weighted by molar-refractivity contribution is 9.10. The average Bonchev–Trinajstić information content (AvgIpc) is 2.97. The Bertz CT molecular complexity index is 745. The number of aromatic nitrogens is 2. The molecule has 0 atom stereocenters. The second-order valence-corrected chi connectivity index (χ2v) is 6.03. The first-order chi connectivity index (χ1) is 10.1. The van der Waals surface area contributed by atoms with E-state index < -0.39 is 0 Å². The highest BCUT2D eigenvalue weighted by Crippen LogP contribution is 2.26. The topological polar surface area (TPSA) is 31.9 Å². The van der Waals surface area contributed by atoms with Crippen LogP contribution in [0.4, 0.5) is 5.69 Å². The molecule has 3 nitrogen and oxygen atoms in total. The second-order valence-electron chi connectivity index (χ2n) is 5.12. The quantitative estimate of drug-likeness (QED) is 0.756. The van der Waals surface area contributed by atoms with Gasteiger partial charge in [-0.15, -0.1) is 0 Å². The van der Waals surface area contributed by atoms with Crippen molar-refractivity contribution in [1.29, 1.82) is 0 Å². The molecule has 0 unspecified atom stereocenters. The highest BCUT2D eigenvalue weighted by atomic mass is 79.9. The summed E-state index contributed by atoms with van der Waals surface area (Å²) in [5, 5.41) is 7.51. The number of aromatic amines is 1. The van der Waals surface area contributed by atoms with Crippen molar-refractivity contribution in [2.24, 2.45) is 0 Å². The van der Waals surface area contributed by atoms with Crippen molar-refractivity contribution in [1.82, 2.24) is 10.2 Å². The van der Waals surface area contributed by atoms with Gasteiger partial charge in [-0.05, 0) is 35.9 Å². The fourth-order valence-electron chi connectivity index (χ4n) is 2.20. The van der Waals surface area contributed by atoms with Crippen molar-refractivity contribution < 1.29 is 0 Å². The molecule has 0 aliphatic carbocycles. The van der Waals surface area contributed by atoms with Gasteiger partial charge >= 0.3 is 0 Å². The second kappa shape index (κ2) is 5.74. The fraction of sp³-hybridized carbons (Fsp3) is 0.118. The van der Waals surface area contributed by atoms with Crippen LogP contribution in [0.2, 0.25) is 0 Å². The molecule has 1 heterocycles. The number of hydrogen-bond donors (Lipinski definition) is 1. The third-order valence-corrected chi connectivity index (χ3v) is 3.89. The van der Waals surface area contributed by atoms with Crippen LogP contribution in [0.3, 0.4) is 0 Å². The van der Waals surface area contributed by atoms with Crippen molar-refractivity contribution in [2.45, 2.75) is 0 Å². The Morgan fingerprint density at radius 3 is 2.38 bits per heavy atom. The van der Waals surface area contributed by atoms with Crippen LogP contribution in [0, 0.1) is 0 Å². The van der Waals surface area contributed by atoms with Crippen molar-refractivity contribution in [3.05, 3.63) is 59.1 Å². The molecule has 4 heteroatoms. The first-order valence-electron chi connectivity index (χ1n) is 6.72.